The van der Waals surface area contributed by atoms with E-state index in [1.54, 1.807) is 19.4 Å². The van der Waals surface area contributed by atoms with Crippen molar-refractivity contribution >= 4 is 5.91 Å². The number of carbonyl (C=O) groups is 1. The number of nitrogens with zero attached hydrogens (tertiary/aromatic N) is 1. The van der Waals surface area contributed by atoms with Crippen LogP contribution < -0.4 is 4.74 Å². The fourth-order valence-electron chi connectivity index (χ4n) is 5.11. The van der Waals surface area contributed by atoms with Crippen LogP contribution in [0.5, 0.6) is 5.75 Å². The average molecular weight is 353 g/mol. The zero-order valence-electron chi connectivity index (χ0n) is 16.3. The highest BCUT2D eigenvalue weighted by Crippen LogP contribution is 2.57. The van der Waals surface area contributed by atoms with E-state index < -0.39 is 0 Å². The second-order valence-corrected chi connectivity index (χ2v) is 8.40. The third kappa shape index (κ3) is 2.11. The van der Waals surface area contributed by atoms with Gasteiger partial charge in [0.15, 0.2) is 0 Å². The number of piperidine rings is 1. The number of fused-ring (bicyclic) bond motifs is 4. The Morgan fingerprint density at radius 2 is 2.04 bits per heavy atom. The Balaban J connectivity index is 1.82. The number of aryl methyl sites for hydroxylation is 1. The van der Waals surface area contributed by atoms with Crippen LogP contribution in [0.15, 0.2) is 34.9 Å². The number of rotatable bonds is 2. The molecule has 0 radical (unpaired) electrons. The van der Waals surface area contributed by atoms with E-state index in [0.717, 1.165) is 25.1 Å². The number of benzene rings is 1. The monoisotopic (exact) mass is 353 g/mol. The second-order valence-electron chi connectivity index (χ2n) is 8.40. The molecule has 4 nitrogen and oxygen atoms in total. The van der Waals surface area contributed by atoms with Crippen molar-refractivity contribution < 1.29 is 13.9 Å². The minimum absolute atomic E-state index is 0.0159. The first kappa shape index (κ1) is 17.2. The Morgan fingerprint density at radius 1 is 1.27 bits per heavy atom. The van der Waals surface area contributed by atoms with E-state index in [2.05, 4.69) is 37.8 Å². The minimum atomic E-state index is -0.0298. The number of hydrogen-bond donors (Lipinski definition) is 0. The van der Waals surface area contributed by atoms with E-state index in [0.29, 0.717) is 11.3 Å². The molecule has 1 aliphatic heterocycles. The van der Waals surface area contributed by atoms with Crippen molar-refractivity contribution in [1.82, 2.24) is 4.90 Å². The number of likely N-dealkylation sites (tertiary alicyclic amines) is 1. The van der Waals surface area contributed by atoms with Crippen LogP contribution in [0.2, 0.25) is 0 Å². The zero-order chi connectivity index (χ0) is 18.7. The van der Waals surface area contributed by atoms with Gasteiger partial charge in [-0.3, -0.25) is 4.79 Å². The topological polar surface area (TPSA) is 42.7 Å². The van der Waals surface area contributed by atoms with Gasteiger partial charge in [0.25, 0.3) is 5.91 Å². The number of amides is 1. The van der Waals surface area contributed by atoms with Gasteiger partial charge in [0.1, 0.15) is 11.5 Å². The van der Waals surface area contributed by atoms with E-state index >= 15 is 0 Å². The lowest BCUT2D eigenvalue weighted by Crippen LogP contribution is -2.64. The minimum Gasteiger partial charge on any atom is -0.496 e. The molecule has 0 unspecified atom stereocenters. The van der Waals surface area contributed by atoms with E-state index in [1.165, 1.54) is 11.1 Å². The summed E-state index contributed by atoms with van der Waals surface area (Å²) >= 11 is 0. The van der Waals surface area contributed by atoms with Gasteiger partial charge in [-0.25, -0.2) is 0 Å². The van der Waals surface area contributed by atoms with Crippen LogP contribution >= 0.6 is 0 Å². The third-order valence-electron chi connectivity index (χ3n) is 7.18. The summed E-state index contributed by atoms with van der Waals surface area (Å²) in [6.45, 7) is 9.59. The van der Waals surface area contributed by atoms with E-state index in [9.17, 15) is 4.79 Å². The van der Waals surface area contributed by atoms with Crippen molar-refractivity contribution in [3.05, 3.63) is 53.0 Å². The Bertz CT molecular complexity index is 866. The van der Waals surface area contributed by atoms with Gasteiger partial charge in [-0.1, -0.05) is 32.9 Å². The smallest absolute Gasteiger partial charge is 0.257 e. The lowest BCUT2D eigenvalue weighted by molar-refractivity contribution is -0.0267. The molecule has 2 atom stereocenters. The van der Waals surface area contributed by atoms with Crippen LogP contribution in [-0.2, 0) is 11.8 Å². The molecular formula is C22H27NO3. The number of ether oxygens (including phenoxy) is 1. The Morgan fingerprint density at radius 3 is 2.69 bits per heavy atom. The first-order chi connectivity index (χ1) is 12.3. The quantitative estimate of drug-likeness (QED) is 0.806. The molecule has 1 aromatic carbocycles. The molecule has 1 saturated heterocycles. The predicted molar refractivity (Wildman–Crippen MR) is 101 cm³/mol. The van der Waals surface area contributed by atoms with E-state index in [4.69, 9.17) is 9.15 Å². The normalized spacial score (nSPS) is 26.3. The molecule has 1 fully saturated rings. The van der Waals surface area contributed by atoms with Crippen LogP contribution in [0.1, 0.15) is 54.4 Å². The van der Waals surface area contributed by atoms with Crippen molar-refractivity contribution in [3.8, 4) is 5.75 Å². The third-order valence-corrected chi connectivity index (χ3v) is 7.18. The molecule has 26 heavy (non-hydrogen) atoms. The fraction of sp³-hybridized carbons (Fsp3) is 0.500. The van der Waals surface area contributed by atoms with Gasteiger partial charge in [0.05, 0.1) is 18.9 Å². The molecule has 138 valence electrons. The summed E-state index contributed by atoms with van der Waals surface area (Å²) in [5.74, 6) is 1.70. The summed E-state index contributed by atoms with van der Waals surface area (Å²) in [5, 5.41) is 0. The maximum atomic E-state index is 13.3. The van der Waals surface area contributed by atoms with E-state index in [-0.39, 0.29) is 22.8 Å². The molecule has 2 bridgehead atoms. The van der Waals surface area contributed by atoms with Gasteiger partial charge < -0.3 is 14.1 Å². The molecule has 4 rings (SSSR count). The SMILES string of the molecule is COc1cccc2c1C[C@H]1N(C(=O)c3ccoc3C)CC[C@]2(C)C1(C)C. The Labute approximate surface area is 155 Å². The summed E-state index contributed by atoms with van der Waals surface area (Å²) in [7, 11) is 1.73. The lowest BCUT2D eigenvalue weighted by atomic mass is 9.51. The van der Waals surface area contributed by atoms with Crippen LogP contribution in [0, 0.1) is 12.3 Å². The van der Waals surface area contributed by atoms with Crippen LogP contribution in [0.3, 0.4) is 0 Å². The molecule has 2 aliphatic rings. The molecule has 4 heteroatoms. The lowest BCUT2D eigenvalue weighted by Gasteiger charge is -2.60. The van der Waals surface area contributed by atoms with Crippen molar-refractivity contribution in [1.29, 1.82) is 0 Å². The molecule has 2 heterocycles. The summed E-state index contributed by atoms with van der Waals surface area (Å²) in [4.78, 5) is 15.3. The molecule has 1 amide bonds. The second kappa shape index (κ2) is 5.63. The summed E-state index contributed by atoms with van der Waals surface area (Å²) in [6, 6.07) is 8.28. The Kier molecular flexibility index (Phi) is 3.73. The zero-order valence-corrected chi connectivity index (χ0v) is 16.3. The predicted octanol–water partition coefficient (Wildman–Crippen LogP) is 4.35. The highest BCUT2D eigenvalue weighted by atomic mass is 16.5. The van der Waals surface area contributed by atoms with E-state index in [1.807, 2.05) is 13.0 Å². The van der Waals surface area contributed by atoms with Crippen molar-refractivity contribution in [2.24, 2.45) is 5.41 Å². The molecule has 0 N–H and O–H groups in total. The molecular weight excluding hydrogens is 326 g/mol. The van der Waals surface area contributed by atoms with Gasteiger partial charge in [0, 0.05) is 18.0 Å². The highest BCUT2D eigenvalue weighted by molar-refractivity contribution is 5.95. The maximum Gasteiger partial charge on any atom is 0.257 e. The molecule has 0 spiro atoms. The molecule has 1 aromatic heterocycles. The van der Waals surface area contributed by atoms with Gasteiger partial charge in [0.2, 0.25) is 0 Å². The number of carbonyl (C=O) groups excluding carboxylic acids is 1. The number of furan rings is 1. The largest absolute Gasteiger partial charge is 0.496 e. The van der Waals surface area contributed by atoms with Crippen LogP contribution in [0.4, 0.5) is 0 Å². The highest BCUT2D eigenvalue weighted by Gasteiger charge is 2.57. The standard InChI is InChI=1S/C22H27NO3/c1-14-15(9-12-26-14)20(24)23-11-10-22(4)17-7-6-8-18(25-5)16(17)13-19(23)21(22,2)3/h6-9,12,19H,10-11,13H2,1-5H3/t19-,22+/m1/s1. The van der Waals surface area contributed by atoms with Crippen molar-refractivity contribution in [3.63, 3.8) is 0 Å². The molecule has 0 saturated carbocycles. The van der Waals surface area contributed by atoms with Crippen molar-refractivity contribution in [2.45, 2.75) is 52.0 Å². The number of hydrogen-bond acceptors (Lipinski definition) is 3. The molecule has 2 aromatic rings. The van der Waals surface area contributed by atoms with Crippen LogP contribution in [-0.4, -0.2) is 30.5 Å². The fourth-order valence-corrected chi connectivity index (χ4v) is 5.11. The summed E-state index contributed by atoms with van der Waals surface area (Å²) in [5.41, 5.74) is 3.29. The molecule has 1 aliphatic carbocycles. The van der Waals surface area contributed by atoms with Gasteiger partial charge >= 0.3 is 0 Å². The van der Waals surface area contributed by atoms with Crippen molar-refractivity contribution in [2.75, 3.05) is 13.7 Å². The summed E-state index contributed by atoms with van der Waals surface area (Å²) < 4.78 is 11.0. The first-order valence-electron chi connectivity index (χ1n) is 9.32. The average Bonchev–Trinajstić information content (AvgIpc) is 3.03. The van der Waals surface area contributed by atoms with Gasteiger partial charge in [-0.15, -0.1) is 0 Å². The Hall–Kier alpha value is -2.23. The summed E-state index contributed by atoms with van der Waals surface area (Å²) in [6.07, 6.45) is 3.37. The number of methoxy groups -OCH3 is 1. The van der Waals surface area contributed by atoms with Gasteiger partial charge in [-0.05, 0) is 48.4 Å². The maximum absolute atomic E-state index is 13.3. The first-order valence-corrected chi connectivity index (χ1v) is 9.32. The van der Waals surface area contributed by atoms with Gasteiger partial charge in [-0.2, -0.15) is 0 Å². The van der Waals surface area contributed by atoms with Crippen LogP contribution in [0.25, 0.3) is 0 Å².